The number of hydrogen-bond donors (Lipinski definition) is 0. The highest BCUT2D eigenvalue weighted by Gasteiger charge is 2.35. The lowest BCUT2D eigenvalue weighted by Gasteiger charge is -2.26. The van der Waals surface area contributed by atoms with Crippen molar-refractivity contribution in [1.82, 2.24) is 4.57 Å². The molecule has 1 aliphatic rings. The van der Waals surface area contributed by atoms with Crippen LogP contribution in [0.5, 0.6) is 11.5 Å². The summed E-state index contributed by atoms with van der Waals surface area (Å²) in [5, 5.41) is 0. The highest BCUT2D eigenvalue weighted by atomic mass is 79.9. The summed E-state index contributed by atoms with van der Waals surface area (Å²) < 4.78 is 24.5. The van der Waals surface area contributed by atoms with E-state index in [0.29, 0.717) is 36.6 Å². The molecule has 0 fully saturated rings. The van der Waals surface area contributed by atoms with Crippen molar-refractivity contribution >= 4 is 45.3 Å². The van der Waals surface area contributed by atoms with Gasteiger partial charge < -0.3 is 18.9 Å². The lowest BCUT2D eigenvalue weighted by Crippen LogP contribution is -2.40. The van der Waals surface area contributed by atoms with E-state index in [0.717, 1.165) is 5.56 Å². The average Bonchev–Trinajstić information content (AvgIpc) is 3.21. The largest absolute Gasteiger partial charge is 0.491 e. The number of nitrogens with zero attached hydrogens (tertiary/aromatic N) is 2. The van der Waals surface area contributed by atoms with Gasteiger partial charge in [-0.05, 0) is 80.4 Å². The maximum Gasteiger partial charge on any atom is 0.344 e. The molecule has 0 spiro atoms. The lowest BCUT2D eigenvalue weighted by atomic mass is 9.95. The van der Waals surface area contributed by atoms with Gasteiger partial charge in [0.25, 0.3) is 5.56 Å². The molecular weight excluding hydrogens is 612 g/mol. The molecule has 11 heteroatoms. The van der Waals surface area contributed by atoms with E-state index >= 15 is 0 Å². The summed E-state index contributed by atoms with van der Waals surface area (Å²) >= 11 is 4.70. The van der Waals surface area contributed by atoms with Crippen LogP contribution in [-0.2, 0) is 19.1 Å². The Morgan fingerprint density at radius 1 is 1.10 bits per heavy atom. The standard InChI is InChI=1S/C30H31BrN2O7S/c1-6-37-25(34)16-39-23-13-12-19(14-21(23)31)15-24-28(35)33-27(20-10-8-9-11-22(20)40-17(3)4)26(29(36)38-7-2)18(5)32-30(33)41-24/h8-15,17,27H,6-7,16H2,1-5H3/b24-15+/t27-/m1/s1. The zero-order valence-corrected chi connectivity index (χ0v) is 25.8. The molecule has 0 amide bonds. The van der Waals surface area contributed by atoms with E-state index in [1.54, 1.807) is 45.0 Å². The molecule has 3 aromatic rings. The molecule has 216 valence electrons. The smallest absolute Gasteiger partial charge is 0.344 e. The fourth-order valence-electron chi connectivity index (χ4n) is 4.37. The van der Waals surface area contributed by atoms with Crippen LogP contribution in [0, 0.1) is 0 Å². The number of fused-ring (bicyclic) bond motifs is 1. The number of hydrogen-bond acceptors (Lipinski definition) is 9. The Kier molecular flexibility index (Phi) is 9.82. The number of rotatable bonds is 10. The molecular formula is C30H31BrN2O7S. The van der Waals surface area contributed by atoms with Gasteiger partial charge in [0, 0.05) is 5.56 Å². The minimum Gasteiger partial charge on any atom is -0.491 e. The summed E-state index contributed by atoms with van der Waals surface area (Å²) in [7, 11) is 0. The minimum atomic E-state index is -0.784. The van der Waals surface area contributed by atoms with Crippen LogP contribution in [-0.4, -0.2) is 42.4 Å². The van der Waals surface area contributed by atoms with Crippen LogP contribution in [0.1, 0.15) is 51.8 Å². The summed E-state index contributed by atoms with van der Waals surface area (Å²) in [5.74, 6) is 0.0424. The molecule has 4 rings (SSSR count). The van der Waals surface area contributed by atoms with E-state index in [1.165, 1.54) is 15.9 Å². The number of esters is 2. The van der Waals surface area contributed by atoms with Gasteiger partial charge >= 0.3 is 11.9 Å². The summed E-state index contributed by atoms with van der Waals surface area (Å²) in [6, 6.07) is 11.9. The molecule has 0 aliphatic carbocycles. The quantitative estimate of drug-likeness (QED) is 0.304. The van der Waals surface area contributed by atoms with Gasteiger partial charge in [0.15, 0.2) is 11.4 Å². The van der Waals surface area contributed by atoms with Crippen molar-refractivity contribution in [2.75, 3.05) is 19.8 Å². The van der Waals surface area contributed by atoms with E-state index < -0.39 is 18.0 Å². The number of benzene rings is 2. The number of carbonyl (C=O) groups is 2. The van der Waals surface area contributed by atoms with Crippen LogP contribution in [0.3, 0.4) is 0 Å². The molecule has 41 heavy (non-hydrogen) atoms. The number of halogens is 1. The first kappa shape index (κ1) is 30.3. The van der Waals surface area contributed by atoms with E-state index in [2.05, 4.69) is 20.9 Å². The molecule has 2 heterocycles. The third-order valence-corrected chi connectivity index (χ3v) is 7.60. The Bertz CT molecular complexity index is 1670. The molecule has 0 saturated heterocycles. The van der Waals surface area contributed by atoms with E-state index in [9.17, 15) is 14.4 Å². The molecule has 0 bridgehead atoms. The Morgan fingerprint density at radius 3 is 2.51 bits per heavy atom. The highest BCUT2D eigenvalue weighted by Crippen LogP contribution is 2.36. The van der Waals surface area contributed by atoms with E-state index in [4.69, 9.17) is 18.9 Å². The van der Waals surface area contributed by atoms with Gasteiger partial charge in [0.1, 0.15) is 17.5 Å². The van der Waals surface area contributed by atoms with E-state index in [-0.39, 0.29) is 37.1 Å². The second-order valence-electron chi connectivity index (χ2n) is 9.29. The fraction of sp³-hybridized carbons (Fsp3) is 0.333. The minimum absolute atomic E-state index is 0.120. The normalized spacial score (nSPS) is 14.9. The molecule has 1 aromatic heterocycles. The van der Waals surface area contributed by atoms with Crippen molar-refractivity contribution in [3.05, 3.63) is 89.0 Å². The summed E-state index contributed by atoms with van der Waals surface area (Å²) in [4.78, 5) is 43.9. The number of aromatic nitrogens is 1. The zero-order chi connectivity index (χ0) is 29.7. The molecule has 0 radical (unpaired) electrons. The first-order chi connectivity index (χ1) is 19.6. The molecule has 9 nitrogen and oxygen atoms in total. The molecule has 1 atom stereocenters. The van der Waals surface area contributed by atoms with Crippen molar-refractivity contribution in [1.29, 1.82) is 0 Å². The molecule has 0 N–H and O–H groups in total. The monoisotopic (exact) mass is 642 g/mol. The van der Waals surface area contributed by atoms with Crippen LogP contribution in [0.2, 0.25) is 0 Å². The number of para-hydroxylation sites is 1. The average molecular weight is 644 g/mol. The molecule has 0 saturated carbocycles. The Balaban J connectivity index is 1.81. The Morgan fingerprint density at radius 2 is 1.83 bits per heavy atom. The Hall–Kier alpha value is -3.70. The van der Waals surface area contributed by atoms with Crippen molar-refractivity contribution in [2.24, 2.45) is 4.99 Å². The number of ether oxygens (including phenoxy) is 4. The summed E-state index contributed by atoms with van der Waals surface area (Å²) in [6.07, 6.45) is 1.63. The second-order valence-corrected chi connectivity index (χ2v) is 11.2. The van der Waals surface area contributed by atoms with Crippen LogP contribution >= 0.6 is 27.3 Å². The van der Waals surface area contributed by atoms with Crippen molar-refractivity contribution in [3.63, 3.8) is 0 Å². The summed E-state index contributed by atoms with van der Waals surface area (Å²) in [6.45, 7) is 9.29. The highest BCUT2D eigenvalue weighted by molar-refractivity contribution is 9.10. The summed E-state index contributed by atoms with van der Waals surface area (Å²) in [5.41, 5.74) is 1.86. The van der Waals surface area contributed by atoms with Gasteiger partial charge in [-0.1, -0.05) is 35.6 Å². The van der Waals surface area contributed by atoms with Crippen molar-refractivity contribution < 1.29 is 28.5 Å². The van der Waals surface area contributed by atoms with Crippen molar-refractivity contribution in [2.45, 2.75) is 46.8 Å². The third-order valence-electron chi connectivity index (χ3n) is 6.00. The van der Waals surface area contributed by atoms with Gasteiger partial charge in [-0.2, -0.15) is 0 Å². The van der Waals surface area contributed by atoms with Crippen LogP contribution in [0.4, 0.5) is 0 Å². The SMILES string of the molecule is CCOC(=O)COc1ccc(/C=c2/sc3n(c2=O)[C@H](c2ccccc2OC(C)C)C(C(=O)OCC)=C(C)N=3)cc1Br. The second kappa shape index (κ2) is 13.3. The third kappa shape index (κ3) is 6.79. The predicted molar refractivity (Wildman–Crippen MR) is 159 cm³/mol. The maximum atomic E-state index is 13.9. The number of allylic oxidation sites excluding steroid dienone is 1. The van der Waals surface area contributed by atoms with Gasteiger partial charge in [0.2, 0.25) is 0 Å². The van der Waals surface area contributed by atoms with Gasteiger partial charge in [-0.3, -0.25) is 9.36 Å². The van der Waals surface area contributed by atoms with Crippen LogP contribution in [0.15, 0.2) is 68.0 Å². The van der Waals surface area contributed by atoms with E-state index in [1.807, 2.05) is 38.1 Å². The van der Waals surface area contributed by atoms with Gasteiger partial charge in [-0.15, -0.1) is 0 Å². The van der Waals surface area contributed by atoms with Gasteiger partial charge in [-0.25, -0.2) is 14.6 Å². The van der Waals surface area contributed by atoms with Crippen LogP contribution < -0.4 is 24.4 Å². The Labute approximate surface area is 249 Å². The fourth-order valence-corrected chi connectivity index (χ4v) is 5.93. The first-order valence-corrected chi connectivity index (χ1v) is 14.8. The number of carbonyl (C=O) groups excluding carboxylic acids is 2. The predicted octanol–water partition coefficient (Wildman–Crippen LogP) is 4.29. The number of thiazole rings is 1. The molecule has 2 aromatic carbocycles. The van der Waals surface area contributed by atoms with Crippen molar-refractivity contribution in [3.8, 4) is 11.5 Å². The van der Waals surface area contributed by atoms with Crippen LogP contribution in [0.25, 0.3) is 6.08 Å². The lowest BCUT2D eigenvalue weighted by molar-refractivity contribution is -0.145. The maximum absolute atomic E-state index is 13.9. The topological polar surface area (TPSA) is 105 Å². The first-order valence-electron chi connectivity index (χ1n) is 13.2. The van der Waals surface area contributed by atoms with Gasteiger partial charge in [0.05, 0.1) is 39.6 Å². The molecule has 0 unspecified atom stereocenters. The molecule has 1 aliphatic heterocycles. The zero-order valence-electron chi connectivity index (χ0n) is 23.4.